The summed E-state index contributed by atoms with van der Waals surface area (Å²) < 4.78 is 6.35. The fourth-order valence-corrected chi connectivity index (χ4v) is 4.14. The van der Waals surface area contributed by atoms with Crippen LogP contribution in [-0.4, -0.2) is 21.0 Å². The Bertz CT molecular complexity index is 801. The molecule has 1 heterocycles. The number of ether oxygens (including phenoxy) is 1. The Labute approximate surface area is 133 Å². The molecule has 6 nitrogen and oxygen atoms in total. The number of carbonyl (C=O) groups is 1. The van der Waals surface area contributed by atoms with Crippen LogP contribution in [0.4, 0.5) is 0 Å². The third-order valence-corrected chi connectivity index (χ3v) is 5.29. The fourth-order valence-electron chi connectivity index (χ4n) is 4.14. The Hall–Kier alpha value is -2.24. The van der Waals surface area contributed by atoms with E-state index in [9.17, 15) is 9.59 Å². The lowest BCUT2D eigenvalue weighted by Gasteiger charge is -2.20. The highest BCUT2D eigenvalue weighted by Crippen LogP contribution is 2.49. The van der Waals surface area contributed by atoms with Gasteiger partial charge >= 0.3 is 5.97 Å². The first-order chi connectivity index (χ1) is 11.2. The van der Waals surface area contributed by atoms with Crippen LogP contribution in [-0.2, 0) is 16.3 Å². The molecule has 2 fully saturated rings. The SMILES string of the molecule is O=C(C[C@@H]1C[C@@H]2CC[C@@H]1C2)OCn1nnc2ccccc2c1=O. The Morgan fingerprint density at radius 3 is 2.91 bits per heavy atom. The molecule has 6 heteroatoms. The Morgan fingerprint density at radius 1 is 1.26 bits per heavy atom. The van der Waals surface area contributed by atoms with Gasteiger partial charge in [-0.15, -0.1) is 5.10 Å². The number of aromatic nitrogens is 3. The van der Waals surface area contributed by atoms with E-state index in [1.807, 2.05) is 0 Å². The number of rotatable bonds is 4. The zero-order valence-corrected chi connectivity index (χ0v) is 12.9. The average molecular weight is 313 g/mol. The maximum absolute atomic E-state index is 12.3. The quantitative estimate of drug-likeness (QED) is 0.808. The Kier molecular flexibility index (Phi) is 3.59. The molecule has 0 unspecified atom stereocenters. The van der Waals surface area contributed by atoms with Gasteiger partial charge in [-0.3, -0.25) is 9.59 Å². The van der Waals surface area contributed by atoms with Crippen molar-refractivity contribution < 1.29 is 9.53 Å². The molecule has 0 radical (unpaired) electrons. The molecule has 0 aliphatic heterocycles. The van der Waals surface area contributed by atoms with Crippen LogP contribution in [0.5, 0.6) is 0 Å². The van der Waals surface area contributed by atoms with Gasteiger partial charge in [-0.1, -0.05) is 23.8 Å². The highest BCUT2D eigenvalue weighted by Gasteiger charge is 2.40. The van der Waals surface area contributed by atoms with Gasteiger partial charge in [0, 0.05) is 6.42 Å². The number of benzene rings is 1. The van der Waals surface area contributed by atoms with E-state index < -0.39 is 0 Å². The minimum Gasteiger partial charge on any atom is -0.442 e. The predicted octanol–water partition coefficient (Wildman–Crippen LogP) is 2.12. The van der Waals surface area contributed by atoms with Gasteiger partial charge < -0.3 is 4.74 Å². The summed E-state index contributed by atoms with van der Waals surface area (Å²) in [6, 6.07) is 7.00. The summed E-state index contributed by atoms with van der Waals surface area (Å²) in [6.07, 6.45) is 5.44. The van der Waals surface area contributed by atoms with Gasteiger partial charge in [0.1, 0.15) is 5.52 Å². The van der Waals surface area contributed by atoms with E-state index in [4.69, 9.17) is 4.74 Å². The molecule has 0 spiro atoms. The number of esters is 1. The molecule has 1 aromatic carbocycles. The summed E-state index contributed by atoms with van der Waals surface area (Å²) in [5.74, 6) is 1.72. The lowest BCUT2D eigenvalue weighted by Crippen LogP contribution is -2.27. The lowest BCUT2D eigenvalue weighted by atomic mass is 9.86. The number of hydrogen-bond donors (Lipinski definition) is 0. The van der Waals surface area contributed by atoms with E-state index in [0.29, 0.717) is 29.2 Å². The van der Waals surface area contributed by atoms with Crippen LogP contribution in [0.25, 0.3) is 10.9 Å². The van der Waals surface area contributed by atoms with E-state index in [1.165, 1.54) is 19.3 Å². The largest absolute Gasteiger partial charge is 0.442 e. The van der Waals surface area contributed by atoms with Crippen LogP contribution in [0.3, 0.4) is 0 Å². The average Bonchev–Trinajstić information content (AvgIpc) is 3.17. The minimum absolute atomic E-state index is 0.170. The van der Waals surface area contributed by atoms with Crippen LogP contribution in [0.15, 0.2) is 29.1 Å². The van der Waals surface area contributed by atoms with E-state index in [-0.39, 0.29) is 18.3 Å². The van der Waals surface area contributed by atoms with Crippen LogP contribution in [0, 0.1) is 17.8 Å². The molecule has 0 saturated heterocycles. The van der Waals surface area contributed by atoms with Gasteiger partial charge in [-0.2, -0.15) is 4.68 Å². The summed E-state index contributed by atoms with van der Waals surface area (Å²) in [5, 5.41) is 8.28. The number of fused-ring (bicyclic) bond motifs is 3. The molecule has 2 aliphatic rings. The molecule has 2 saturated carbocycles. The molecular weight excluding hydrogens is 294 g/mol. The van der Waals surface area contributed by atoms with E-state index in [2.05, 4.69) is 10.3 Å². The van der Waals surface area contributed by atoms with E-state index in [1.54, 1.807) is 24.3 Å². The van der Waals surface area contributed by atoms with Crippen LogP contribution in [0.2, 0.25) is 0 Å². The van der Waals surface area contributed by atoms with Crippen molar-refractivity contribution in [3.05, 3.63) is 34.6 Å². The summed E-state index contributed by atoms with van der Waals surface area (Å²) in [7, 11) is 0. The topological polar surface area (TPSA) is 74.1 Å². The van der Waals surface area contributed by atoms with E-state index in [0.717, 1.165) is 17.0 Å². The minimum atomic E-state index is -0.289. The third-order valence-electron chi connectivity index (χ3n) is 5.29. The molecule has 2 aromatic rings. The predicted molar refractivity (Wildman–Crippen MR) is 83.4 cm³/mol. The van der Waals surface area contributed by atoms with Crippen molar-refractivity contribution in [2.75, 3.05) is 0 Å². The summed E-state index contributed by atoms with van der Waals surface area (Å²) in [4.78, 5) is 24.3. The number of carbonyl (C=O) groups excluding carboxylic acids is 1. The molecule has 3 atom stereocenters. The first kappa shape index (κ1) is 14.4. The van der Waals surface area contributed by atoms with Crippen molar-refractivity contribution >= 4 is 16.9 Å². The number of nitrogens with zero attached hydrogens (tertiary/aromatic N) is 3. The van der Waals surface area contributed by atoms with Crippen molar-refractivity contribution in [1.29, 1.82) is 0 Å². The number of hydrogen-bond acceptors (Lipinski definition) is 5. The summed E-state index contributed by atoms with van der Waals surface area (Å²) in [6.45, 7) is -0.170. The lowest BCUT2D eigenvalue weighted by molar-refractivity contribution is -0.149. The third kappa shape index (κ3) is 2.73. The molecule has 2 aliphatic carbocycles. The van der Waals surface area contributed by atoms with Gasteiger partial charge in [-0.05, 0) is 49.1 Å². The van der Waals surface area contributed by atoms with Gasteiger partial charge in [0.2, 0.25) is 0 Å². The fraction of sp³-hybridized carbons (Fsp3) is 0.529. The molecule has 0 amide bonds. The Morgan fingerprint density at radius 2 is 2.13 bits per heavy atom. The van der Waals surface area contributed by atoms with Gasteiger partial charge in [-0.25, -0.2) is 0 Å². The molecule has 4 rings (SSSR count). The highest BCUT2D eigenvalue weighted by molar-refractivity contribution is 5.76. The maximum Gasteiger partial charge on any atom is 0.307 e. The molecule has 2 bridgehead atoms. The van der Waals surface area contributed by atoms with Crippen LogP contribution < -0.4 is 5.56 Å². The first-order valence-corrected chi connectivity index (χ1v) is 8.19. The molecule has 120 valence electrons. The maximum atomic E-state index is 12.3. The normalized spacial score (nSPS) is 25.8. The van der Waals surface area contributed by atoms with Crippen molar-refractivity contribution in [2.45, 2.75) is 38.8 Å². The zero-order valence-electron chi connectivity index (χ0n) is 12.9. The smallest absolute Gasteiger partial charge is 0.307 e. The second-order valence-corrected chi connectivity index (χ2v) is 6.70. The van der Waals surface area contributed by atoms with Crippen molar-refractivity contribution in [2.24, 2.45) is 17.8 Å². The first-order valence-electron chi connectivity index (χ1n) is 8.19. The van der Waals surface area contributed by atoms with Crippen LogP contribution >= 0.6 is 0 Å². The van der Waals surface area contributed by atoms with Crippen molar-refractivity contribution in [1.82, 2.24) is 15.0 Å². The van der Waals surface area contributed by atoms with Crippen molar-refractivity contribution in [3.63, 3.8) is 0 Å². The molecule has 0 N–H and O–H groups in total. The second-order valence-electron chi connectivity index (χ2n) is 6.70. The van der Waals surface area contributed by atoms with E-state index >= 15 is 0 Å². The monoisotopic (exact) mass is 313 g/mol. The standard InChI is InChI=1S/C17H19N3O3/c21-16(9-13-8-11-5-6-12(13)7-11)23-10-20-17(22)14-3-1-2-4-15(14)18-19-20/h1-4,11-13H,5-10H2/t11-,12-,13+/m1/s1. The highest BCUT2D eigenvalue weighted by atomic mass is 16.5. The van der Waals surface area contributed by atoms with Crippen molar-refractivity contribution in [3.8, 4) is 0 Å². The summed E-state index contributed by atoms with van der Waals surface area (Å²) in [5.41, 5.74) is 0.255. The van der Waals surface area contributed by atoms with Gasteiger partial charge in [0.15, 0.2) is 6.73 Å². The summed E-state index contributed by atoms with van der Waals surface area (Å²) >= 11 is 0. The van der Waals surface area contributed by atoms with Crippen LogP contribution in [0.1, 0.15) is 32.1 Å². The Balaban J connectivity index is 1.40. The zero-order chi connectivity index (χ0) is 15.8. The van der Waals surface area contributed by atoms with Gasteiger partial charge in [0.05, 0.1) is 5.39 Å². The molecule has 23 heavy (non-hydrogen) atoms. The second kappa shape index (κ2) is 5.76. The molecular formula is C17H19N3O3. The molecule has 1 aromatic heterocycles. The van der Waals surface area contributed by atoms with Gasteiger partial charge in [0.25, 0.3) is 5.56 Å².